The van der Waals surface area contributed by atoms with Crippen LogP contribution in [0.1, 0.15) is 51.9 Å². The molecule has 0 radical (unpaired) electrons. The zero-order valence-electron chi connectivity index (χ0n) is 9.51. The number of nitrogens with zero attached hydrogens (tertiary/aromatic N) is 1. The SMILES string of the molecule is CCCCNC(=O)C1(C#N)CCCCC1. The zero-order chi connectivity index (χ0) is 11.1. The van der Waals surface area contributed by atoms with Gasteiger partial charge in [0.05, 0.1) is 6.07 Å². The summed E-state index contributed by atoms with van der Waals surface area (Å²) in [5, 5.41) is 12.0. The number of carbonyl (C=O) groups excluding carboxylic acids is 1. The predicted octanol–water partition coefficient (Wildman–Crippen LogP) is 2.38. The van der Waals surface area contributed by atoms with Gasteiger partial charge in [-0.2, -0.15) is 5.26 Å². The van der Waals surface area contributed by atoms with E-state index in [0.717, 1.165) is 44.9 Å². The lowest BCUT2D eigenvalue weighted by molar-refractivity contribution is -0.129. The number of hydrogen-bond donors (Lipinski definition) is 1. The minimum Gasteiger partial charge on any atom is -0.355 e. The number of carbonyl (C=O) groups is 1. The van der Waals surface area contributed by atoms with Crippen LogP contribution < -0.4 is 5.32 Å². The third-order valence-electron chi connectivity index (χ3n) is 3.17. The number of nitriles is 1. The Morgan fingerprint density at radius 3 is 2.60 bits per heavy atom. The molecule has 1 aliphatic carbocycles. The van der Waals surface area contributed by atoms with E-state index in [2.05, 4.69) is 18.3 Å². The van der Waals surface area contributed by atoms with Gasteiger partial charge in [-0.1, -0.05) is 32.6 Å². The third-order valence-corrected chi connectivity index (χ3v) is 3.17. The summed E-state index contributed by atoms with van der Waals surface area (Å²) in [4.78, 5) is 11.9. The Balaban J connectivity index is 2.50. The number of amides is 1. The highest BCUT2D eigenvalue weighted by Crippen LogP contribution is 2.35. The molecule has 0 aromatic heterocycles. The average Bonchev–Trinajstić information content (AvgIpc) is 2.30. The smallest absolute Gasteiger partial charge is 0.240 e. The Bertz CT molecular complexity index is 249. The molecule has 0 aromatic carbocycles. The van der Waals surface area contributed by atoms with Crippen molar-refractivity contribution in [3.8, 4) is 6.07 Å². The molecule has 3 heteroatoms. The van der Waals surface area contributed by atoms with E-state index in [1.165, 1.54) is 0 Å². The van der Waals surface area contributed by atoms with Crippen molar-refractivity contribution in [2.24, 2.45) is 5.41 Å². The second-order valence-electron chi connectivity index (χ2n) is 4.36. The fourth-order valence-electron chi connectivity index (χ4n) is 2.09. The molecule has 0 saturated heterocycles. The van der Waals surface area contributed by atoms with Gasteiger partial charge in [-0.15, -0.1) is 0 Å². The van der Waals surface area contributed by atoms with Crippen molar-refractivity contribution < 1.29 is 4.79 Å². The number of hydrogen-bond acceptors (Lipinski definition) is 2. The summed E-state index contributed by atoms with van der Waals surface area (Å²) in [5.74, 6) is -0.0434. The number of rotatable bonds is 4. The molecule has 0 aliphatic heterocycles. The first-order valence-electron chi connectivity index (χ1n) is 5.95. The molecule has 0 atom stereocenters. The first kappa shape index (κ1) is 12.0. The maximum Gasteiger partial charge on any atom is 0.240 e. The van der Waals surface area contributed by atoms with Crippen molar-refractivity contribution in [3.63, 3.8) is 0 Å². The molecule has 1 N–H and O–H groups in total. The molecule has 0 aromatic rings. The standard InChI is InChI=1S/C12H20N2O/c1-2-3-9-14-11(15)12(10-13)7-5-4-6-8-12/h2-9H2,1H3,(H,14,15). The molecule has 1 rings (SSSR count). The summed E-state index contributed by atoms with van der Waals surface area (Å²) in [7, 11) is 0. The van der Waals surface area contributed by atoms with E-state index >= 15 is 0 Å². The minimum atomic E-state index is -0.716. The molecule has 15 heavy (non-hydrogen) atoms. The van der Waals surface area contributed by atoms with E-state index in [1.54, 1.807) is 0 Å². The minimum absolute atomic E-state index is 0.0434. The van der Waals surface area contributed by atoms with Crippen molar-refractivity contribution in [1.82, 2.24) is 5.32 Å². The Morgan fingerprint density at radius 2 is 2.07 bits per heavy atom. The summed E-state index contributed by atoms with van der Waals surface area (Å²) in [6.45, 7) is 2.80. The first-order chi connectivity index (χ1) is 7.25. The van der Waals surface area contributed by atoms with Crippen LogP contribution in [0.4, 0.5) is 0 Å². The van der Waals surface area contributed by atoms with E-state index in [4.69, 9.17) is 5.26 Å². The van der Waals surface area contributed by atoms with E-state index in [9.17, 15) is 4.79 Å². The Labute approximate surface area is 91.9 Å². The maximum atomic E-state index is 11.9. The van der Waals surface area contributed by atoms with Crippen LogP contribution in [-0.2, 0) is 4.79 Å². The van der Waals surface area contributed by atoms with Crippen LogP contribution in [0.5, 0.6) is 0 Å². The second kappa shape index (κ2) is 5.75. The summed E-state index contributed by atoms with van der Waals surface area (Å²) in [5.41, 5.74) is -0.716. The van der Waals surface area contributed by atoms with E-state index in [0.29, 0.717) is 6.54 Å². The summed E-state index contributed by atoms with van der Waals surface area (Å²) < 4.78 is 0. The molecule has 84 valence electrons. The lowest BCUT2D eigenvalue weighted by Crippen LogP contribution is -2.41. The molecule has 1 aliphatic rings. The van der Waals surface area contributed by atoms with Gasteiger partial charge in [0.1, 0.15) is 5.41 Å². The van der Waals surface area contributed by atoms with E-state index < -0.39 is 5.41 Å². The van der Waals surface area contributed by atoms with Gasteiger partial charge in [-0.3, -0.25) is 4.79 Å². The molecular weight excluding hydrogens is 188 g/mol. The van der Waals surface area contributed by atoms with Crippen LogP contribution in [0.25, 0.3) is 0 Å². The zero-order valence-corrected chi connectivity index (χ0v) is 9.51. The molecule has 3 nitrogen and oxygen atoms in total. The van der Waals surface area contributed by atoms with Crippen LogP contribution >= 0.6 is 0 Å². The first-order valence-corrected chi connectivity index (χ1v) is 5.95. The van der Waals surface area contributed by atoms with Crippen molar-refractivity contribution in [1.29, 1.82) is 5.26 Å². The molecule has 0 spiro atoms. The van der Waals surface area contributed by atoms with Crippen LogP contribution in [-0.4, -0.2) is 12.5 Å². The van der Waals surface area contributed by atoms with Gasteiger partial charge < -0.3 is 5.32 Å². The fraction of sp³-hybridized carbons (Fsp3) is 0.833. The van der Waals surface area contributed by atoms with Gasteiger partial charge in [0, 0.05) is 6.54 Å². The average molecular weight is 208 g/mol. The Hall–Kier alpha value is -1.04. The Kier molecular flexibility index (Phi) is 4.61. The van der Waals surface area contributed by atoms with Gasteiger partial charge in [-0.25, -0.2) is 0 Å². The van der Waals surface area contributed by atoms with E-state index in [-0.39, 0.29) is 5.91 Å². The number of nitrogens with one attached hydrogen (secondary N) is 1. The molecular formula is C12H20N2O. The normalized spacial score (nSPS) is 19.2. The highest BCUT2D eigenvalue weighted by Gasteiger charge is 2.39. The van der Waals surface area contributed by atoms with Crippen molar-refractivity contribution >= 4 is 5.91 Å². The molecule has 0 heterocycles. The summed E-state index contributed by atoms with van der Waals surface area (Å²) in [6.07, 6.45) is 6.71. The van der Waals surface area contributed by atoms with E-state index in [1.807, 2.05) is 0 Å². The third kappa shape index (κ3) is 2.95. The summed E-state index contributed by atoms with van der Waals surface area (Å²) in [6, 6.07) is 2.23. The molecule has 1 saturated carbocycles. The Morgan fingerprint density at radius 1 is 1.40 bits per heavy atom. The van der Waals surface area contributed by atoms with Crippen LogP contribution in [0.15, 0.2) is 0 Å². The van der Waals surface area contributed by atoms with Crippen molar-refractivity contribution in [2.75, 3.05) is 6.54 Å². The van der Waals surface area contributed by atoms with Gasteiger partial charge >= 0.3 is 0 Å². The lowest BCUT2D eigenvalue weighted by Gasteiger charge is -2.29. The second-order valence-corrected chi connectivity index (χ2v) is 4.36. The fourth-order valence-corrected chi connectivity index (χ4v) is 2.09. The largest absolute Gasteiger partial charge is 0.355 e. The quantitative estimate of drug-likeness (QED) is 0.721. The van der Waals surface area contributed by atoms with Crippen LogP contribution in [0, 0.1) is 16.7 Å². The van der Waals surface area contributed by atoms with Gasteiger partial charge in [-0.05, 0) is 19.3 Å². The van der Waals surface area contributed by atoms with Crippen LogP contribution in [0.3, 0.4) is 0 Å². The van der Waals surface area contributed by atoms with Gasteiger partial charge in [0.15, 0.2) is 0 Å². The topological polar surface area (TPSA) is 52.9 Å². The summed E-state index contributed by atoms with van der Waals surface area (Å²) >= 11 is 0. The molecule has 0 bridgehead atoms. The number of unbranched alkanes of at least 4 members (excludes halogenated alkanes) is 1. The maximum absolute atomic E-state index is 11.9. The lowest BCUT2D eigenvalue weighted by atomic mass is 9.74. The van der Waals surface area contributed by atoms with Crippen LogP contribution in [0.2, 0.25) is 0 Å². The van der Waals surface area contributed by atoms with Crippen molar-refractivity contribution in [3.05, 3.63) is 0 Å². The molecule has 1 amide bonds. The highest BCUT2D eigenvalue weighted by molar-refractivity contribution is 5.85. The van der Waals surface area contributed by atoms with Gasteiger partial charge in [0.2, 0.25) is 5.91 Å². The molecule has 1 fully saturated rings. The molecule has 0 unspecified atom stereocenters. The monoisotopic (exact) mass is 208 g/mol. The predicted molar refractivity (Wildman–Crippen MR) is 59.0 cm³/mol. The highest BCUT2D eigenvalue weighted by atomic mass is 16.2. The van der Waals surface area contributed by atoms with Gasteiger partial charge in [0.25, 0.3) is 0 Å². The van der Waals surface area contributed by atoms with Crippen molar-refractivity contribution in [2.45, 2.75) is 51.9 Å².